The number of nitrogens with one attached hydrogen (secondary N) is 1. The molecule has 0 amide bonds. The van der Waals surface area contributed by atoms with Crippen LogP contribution in [0.5, 0.6) is 0 Å². The minimum absolute atomic E-state index is 0.132. The van der Waals surface area contributed by atoms with Gasteiger partial charge in [-0.2, -0.15) is 0 Å². The molecule has 1 heterocycles. The van der Waals surface area contributed by atoms with Crippen LogP contribution in [0.3, 0.4) is 0 Å². The first kappa shape index (κ1) is 14.6. The van der Waals surface area contributed by atoms with E-state index in [0.717, 1.165) is 0 Å². The van der Waals surface area contributed by atoms with Gasteiger partial charge in [0.1, 0.15) is 5.82 Å². The molecule has 2 N–H and O–H groups in total. The summed E-state index contributed by atoms with van der Waals surface area (Å²) < 4.78 is 13.6. The van der Waals surface area contributed by atoms with Gasteiger partial charge in [-0.25, -0.2) is 9.18 Å². The normalized spacial score (nSPS) is 10.3. The molecule has 0 spiro atoms. The van der Waals surface area contributed by atoms with Gasteiger partial charge in [0.25, 0.3) is 0 Å². The average Bonchev–Trinajstić information content (AvgIpc) is 2.89. The minimum Gasteiger partial charge on any atom is -0.475 e. The van der Waals surface area contributed by atoms with Crippen molar-refractivity contribution < 1.29 is 23.9 Å². The molecule has 0 unspecified atom stereocenters. The number of aliphatic carboxylic acids is 1. The van der Waals surface area contributed by atoms with Crippen molar-refractivity contribution in [2.24, 2.45) is 0 Å². The SMILES string of the molecule is O=C(O)C(=O)CC(=O)c1[nH]ccc1Cc1ccccc1F. The second kappa shape index (κ2) is 6.13. The largest absolute Gasteiger partial charge is 0.475 e. The van der Waals surface area contributed by atoms with E-state index >= 15 is 0 Å². The summed E-state index contributed by atoms with van der Waals surface area (Å²) in [6.45, 7) is 0. The van der Waals surface area contributed by atoms with Gasteiger partial charge >= 0.3 is 5.97 Å². The van der Waals surface area contributed by atoms with E-state index in [1.54, 1.807) is 24.3 Å². The van der Waals surface area contributed by atoms with Crippen LogP contribution in [0.2, 0.25) is 0 Å². The quantitative estimate of drug-likeness (QED) is 0.483. The predicted octanol–water partition coefficient (Wildman–Crippen LogP) is 1.97. The lowest BCUT2D eigenvalue weighted by Crippen LogP contribution is -2.18. The number of carbonyl (C=O) groups is 3. The predicted molar refractivity (Wildman–Crippen MR) is 71.6 cm³/mol. The Bertz CT molecular complexity index is 705. The third-order valence-corrected chi connectivity index (χ3v) is 3.01. The maximum Gasteiger partial charge on any atom is 0.372 e. The Morgan fingerprint density at radius 2 is 1.81 bits per heavy atom. The molecule has 0 aliphatic heterocycles. The van der Waals surface area contributed by atoms with Gasteiger partial charge in [-0.15, -0.1) is 0 Å². The molecule has 2 rings (SSSR count). The molecular formula is C15H12FNO4. The lowest BCUT2D eigenvalue weighted by atomic mass is 10.0. The molecule has 1 aromatic heterocycles. The van der Waals surface area contributed by atoms with Crippen LogP contribution in [0.15, 0.2) is 36.5 Å². The van der Waals surface area contributed by atoms with Gasteiger partial charge in [-0.05, 0) is 23.3 Å². The molecule has 0 saturated heterocycles. The molecular weight excluding hydrogens is 277 g/mol. The third kappa shape index (κ3) is 3.42. The summed E-state index contributed by atoms with van der Waals surface area (Å²) in [5, 5.41) is 8.51. The topological polar surface area (TPSA) is 87.2 Å². The van der Waals surface area contributed by atoms with Gasteiger partial charge in [0.15, 0.2) is 5.78 Å². The van der Waals surface area contributed by atoms with Crippen LogP contribution >= 0.6 is 0 Å². The molecule has 0 radical (unpaired) electrons. The number of H-pyrrole nitrogens is 1. The summed E-state index contributed by atoms with van der Waals surface area (Å²) in [5.74, 6) is -3.84. The number of aromatic nitrogens is 1. The van der Waals surface area contributed by atoms with E-state index in [0.29, 0.717) is 11.1 Å². The highest BCUT2D eigenvalue weighted by molar-refractivity contribution is 6.37. The van der Waals surface area contributed by atoms with Crippen molar-refractivity contribution in [1.82, 2.24) is 4.98 Å². The summed E-state index contributed by atoms with van der Waals surface area (Å²) in [6, 6.07) is 7.76. The van der Waals surface area contributed by atoms with Gasteiger partial charge in [-0.3, -0.25) is 9.59 Å². The zero-order valence-electron chi connectivity index (χ0n) is 10.9. The van der Waals surface area contributed by atoms with E-state index < -0.39 is 29.8 Å². The van der Waals surface area contributed by atoms with Crippen LogP contribution in [0.4, 0.5) is 4.39 Å². The Hall–Kier alpha value is -2.76. The summed E-state index contributed by atoms with van der Waals surface area (Å²) in [4.78, 5) is 36.1. The monoisotopic (exact) mass is 289 g/mol. The Morgan fingerprint density at radius 1 is 1.10 bits per heavy atom. The van der Waals surface area contributed by atoms with E-state index in [9.17, 15) is 18.8 Å². The number of hydrogen-bond acceptors (Lipinski definition) is 3. The fourth-order valence-corrected chi connectivity index (χ4v) is 1.97. The Kier molecular flexibility index (Phi) is 4.27. The number of benzene rings is 1. The van der Waals surface area contributed by atoms with Crippen molar-refractivity contribution in [2.45, 2.75) is 12.8 Å². The molecule has 0 atom stereocenters. The van der Waals surface area contributed by atoms with Crippen LogP contribution in [0.25, 0.3) is 0 Å². The van der Waals surface area contributed by atoms with Gasteiger partial charge in [0.05, 0.1) is 12.1 Å². The molecule has 21 heavy (non-hydrogen) atoms. The van der Waals surface area contributed by atoms with E-state index in [1.165, 1.54) is 12.3 Å². The van der Waals surface area contributed by atoms with Gasteiger partial charge < -0.3 is 10.1 Å². The number of ketones is 2. The first-order valence-corrected chi connectivity index (χ1v) is 6.18. The van der Waals surface area contributed by atoms with Crippen molar-refractivity contribution in [3.63, 3.8) is 0 Å². The first-order valence-electron chi connectivity index (χ1n) is 6.18. The average molecular weight is 289 g/mol. The lowest BCUT2D eigenvalue weighted by Gasteiger charge is -2.04. The number of hydrogen-bond donors (Lipinski definition) is 2. The van der Waals surface area contributed by atoms with Crippen molar-refractivity contribution in [1.29, 1.82) is 0 Å². The minimum atomic E-state index is -1.65. The molecule has 0 bridgehead atoms. The van der Waals surface area contributed by atoms with Crippen molar-refractivity contribution >= 4 is 17.5 Å². The zero-order chi connectivity index (χ0) is 15.4. The third-order valence-electron chi connectivity index (χ3n) is 3.01. The molecule has 5 nitrogen and oxygen atoms in total. The van der Waals surface area contributed by atoms with Crippen LogP contribution < -0.4 is 0 Å². The van der Waals surface area contributed by atoms with E-state index in [4.69, 9.17) is 5.11 Å². The summed E-state index contributed by atoms with van der Waals surface area (Å²) >= 11 is 0. The van der Waals surface area contributed by atoms with Crippen molar-refractivity contribution in [2.75, 3.05) is 0 Å². The fraction of sp³-hybridized carbons (Fsp3) is 0.133. The zero-order valence-corrected chi connectivity index (χ0v) is 10.9. The molecule has 6 heteroatoms. The lowest BCUT2D eigenvalue weighted by molar-refractivity contribution is -0.148. The van der Waals surface area contributed by atoms with E-state index in [-0.39, 0.29) is 12.1 Å². The van der Waals surface area contributed by atoms with Crippen LogP contribution in [0.1, 0.15) is 28.0 Å². The molecule has 2 aromatic rings. The number of carboxylic acid groups (broad SMARTS) is 1. The van der Waals surface area contributed by atoms with Crippen molar-refractivity contribution in [3.8, 4) is 0 Å². The highest BCUT2D eigenvalue weighted by Crippen LogP contribution is 2.17. The maximum atomic E-state index is 13.6. The van der Waals surface area contributed by atoms with E-state index in [2.05, 4.69) is 4.98 Å². The summed E-state index contributed by atoms with van der Waals surface area (Å²) in [5.41, 5.74) is 1.06. The number of Topliss-reactive ketones (excluding diaryl/α,β-unsaturated/α-hetero) is 2. The summed E-state index contributed by atoms with van der Waals surface area (Å²) in [7, 11) is 0. The molecule has 108 valence electrons. The Labute approximate surface area is 119 Å². The van der Waals surface area contributed by atoms with Crippen molar-refractivity contribution in [3.05, 3.63) is 59.2 Å². The van der Waals surface area contributed by atoms with E-state index in [1.807, 2.05) is 0 Å². The smallest absolute Gasteiger partial charge is 0.372 e. The van der Waals surface area contributed by atoms with Crippen LogP contribution in [-0.4, -0.2) is 27.6 Å². The summed E-state index contributed by atoms with van der Waals surface area (Å²) in [6.07, 6.45) is 0.952. The van der Waals surface area contributed by atoms with Crippen LogP contribution in [-0.2, 0) is 16.0 Å². The Morgan fingerprint density at radius 3 is 2.48 bits per heavy atom. The fourth-order valence-electron chi connectivity index (χ4n) is 1.97. The number of carbonyl (C=O) groups excluding carboxylic acids is 2. The second-order valence-corrected chi connectivity index (χ2v) is 4.47. The second-order valence-electron chi connectivity index (χ2n) is 4.47. The van der Waals surface area contributed by atoms with Gasteiger partial charge in [0, 0.05) is 12.6 Å². The maximum absolute atomic E-state index is 13.6. The van der Waals surface area contributed by atoms with Crippen LogP contribution in [0, 0.1) is 5.82 Å². The highest BCUT2D eigenvalue weighted by Gasteiger charge is 2.21. The van der Waals surface area contributed by atoms with Gasteiger partial charge in [-0.1, -0.05) is 18.2 Å². The molecule has 0 aliphatic rings. The first-order chi connectivity index (χ1) is 9.99. The number of aromatic amines is 1. The molecule has 0 saturated carbocycles. The molecule has 0 aliphatic carbocycles. The standard InChI is InChI=1S/C15H12FNO4/c16-11-4-2-1-3-9(11)7-10-5-6-17-14(10)12(18)8-13(19)15(20)21/h1-6,17H,7-8H2,(H,20,21). The van der Waals surface area contributed by atoms with Gasteiger partial charge in [0.2, 0.25) is 5.78 Å². The highest BCUT2D eigenvalue weighted by atomic mass is 19.1. The Balaban J connectivity index is 2.19. The number of carboxylic acids is 1. The number of halogens is 1. The molecule has 0 fully saturated rings. The molecule has 1 aromatic carbocycles. The number of rotatable bonds is 6.